The van der Waals surface area contributed by atoms with Gasteiger partial charge in [-0.1, -0.05) is 36.8 Å². The fourth-order valence-corrected chi connectivity index (χ4v) is 2.79. The molecule has 4 nitrogen and oxygen atoms in total. The van der Waals surface area contributed by atoms with Crippen molar-refractivity contribution in [2.45, 2.75) is 51.9 Å². The van der Waals surface area contributed by atoms with E-state index in [1.807, 2.05) is 19.9 Å². The van der Waals surface area contributed by atoms with Crippen LogP contribution in [0.1, 0.15) is 31.9 Å². The van der Waals surface area contributed by atoms with E-state index in [0.29, 0.717) is 0 Å². The minimum atomic E-state index is -0.345. The zero-order chi connectivity index (χ0) is 17.0. The summed E-state index contributed by atoms with van der Waals surface area (Å²) in [5.41, 5.74) is 3.36. The Morgan fingerprint density at radius 3 is 2.74 bits per heavy atom. The summed E-state index contributed by atoms with van der Waals surface area (Å²) in [6.07, 6.45) is 3.11. The van der Waals surface area contributed by atoms with Crippen molar-refractivity contribution >= 4 is 5.97 Å². The number of aliphatic hydroxyl groups is 1. The minimum absolute atomic E-state index is 0.152. The first kappa shape index (κ1) is 17.7. The monoisotopic (exact) mass is 318 g/mol. The van der Waals surface area contributed by atoms with Gasteiger partial charge in [-0.05, 0) is 31.4 Å². The van der Waals surface area contributed by atoms with E-state index in [-0.39, 0.29) is 30.2 Å². The highest BCUT2D eigenvalue weighted by Crippen LogP contribution is 2.34. The number of hydrogen-bond donors (Lipinski definition) is 1. The van der Waals surface area contributed by atoms with Crippen molar-refractivity contribution in [1.29, 1.82) is 0 Å². The standard InChI is InChI=1S/C19H26O4/c1-12(9-18(21)22-4)8-15-6-5-7-16(10-15)11-17-19(23-17)13(2)14(3)20/h5-7,9-10,13-14,17,19-20H,8,11H2,1-4H3/b12-9-/t13-,14-,17+,19+/m0/s1. The molecule has 1 aromatic carbocycles. The van der Waals surface area contributed by atoms with Crippen molar-refractivity contribution in [3.05, 3.63) is 47.0 Å². The molecule has 1 heterocycles. The third-order valence-electron chi connectivity index (χ3n) is 4.38. The Hall–Kier alpha value is -1.65. The second-order valence-corrected chi connectivity index (χ2v) is 6.45. The van der Waals surface area contributed by atoms with E-state index in [1.54, 1.807) is 6.92 Å². The highest BCUT2D eigenvalue weighted by molar-refractivity contribution is 5.82. The largest absolute Gasteiger partial charge is 0.466 e. The quantitative estimate of drug-likeness (QED) is 0.477. The summed E-state index contributed by atoms with van der Waals surface area (Å²) < 4.78 is 10.3. The first-order valence-electron chi connectivity index (χ1n) is 8.07. The number of hydrogen-bond acceptors (Lipinski definition) is 4. The molecule has 0 aliphatic carbocycles. The lowest BCUT2D eigenvalue weighted by molar-refractivity contribution is -0.134. The summed E-state index contributed by atoms with van der Waals surface area (Å²) in [5, 5.41) is 9.63. The molecular formula is C19H26O4. The third kappa shape index (κ3) is 5.19. The van der Waals surface area contributed by atoms with Gasteiger partial charge in [-0.25, -0.2) is 4.79 Å². The van der Waals surface area contributed by atoms with Gasteiger partial charge in [0.1, 0.15) is 0 Å². The number of benzene rings is 1. The topological polar surface area (TPSA) is 59.1 Å². The smallest absolute Gasteiger partial charge is 0.330 e. The van der Waals surface area contributed by atoms with Gasteiger partial charge in [-0.3, -0.25) is 0 Å². The molecule has 1 aliphatic rings. The average Bonchev–Trinajstić information content (AvgIpc) is 3.25. The lowest BCUT2D eigenvalue weighted by atomic mass is 9.96. The van der Waals surface area contributed by atoms with Gasteiger partial charge in [0.15, 0.2) is 0 Å². The molecule has 1 aromatic rings. The summed E-state index contributed by atoms with van der Waals surface area (Å²) in [5.74, 6) is -0.159. The van der Waals surface area contributed by atoms with Crippen LogP contribution in [0.15, 0.2) is 35.9 Å². The van der Waals surface area contributed by atoms with Crippen molar-refractivity contribution in [3.63, 3.8) is 0 Å². The Labute approximate surface area is 138 Å². The molecule has 4 atom stereocenters. The summed E-state index contributed by atoms with van der Waals surface area (Å²) >= 11 is 0. The van der Waals surface area contributed by atoms with Gasteiger partial charge in [0.2, 0.25) is 0 Å². The van der Waals surface area contributed by atoms with Crippen LogP contribution in [0.4, 0.5) is 0 Å². The predicted octanol–water partition coefficient (Wildman–Crippen LogP) is 2.68. The molecule has 0 spiro atoms. The molecule has 0 unspecified atom stereocenters. The molecule has 0 amide bonds. The van der Waals surface area contributed by atoms with Crippen LogP contribution in [0.5, 0.6) is 0 Å². The first-order valence-corrected chi connectivity index (χ1v) is 8.07. The Morgan fingerprint density at radius 2 is 2.09 bits per heavy atom. The van der Waals surface area contributed by atoms with Crippen LogP contribution in [0.2, 0.25) is 0 Å². The summed E-state index contributed by atoms with van der Waals surface area (Å²) in [6, 6.07) is 8.34. The van der Waals surface area contributed by atoms with Crippen LogP contribution in [0.3, 0.4) is 0 Å². The lowest BCUT2D eigenvalue weighted by Crippen LogP contribution is -2.20. The highest BCUT2D eigenvalue weighted by Gasteiger charge is 2.44. The maximum absolute atomic E-state index is 11.3. The zero-order valence-electron chi connectivity index (χ0n) is 14.3. The molecule has 2 rings (SSSR count). The van der Waals surface area contributed by atoms with Gasteiger partial charge in [-0.2, -0.15) is 0 Å². The van der Waals surface area contributed by atoms with Crippen molar-refractivity contribution in [1.82, 2.24) is 0 Å². The predicted molar refractivity (Wildman–Crippen MR) is 89.1 cm³/mol. The van der Waals surface area contributed by atoms with Crippen LogP contribution in [0, 0.1) is 5.92 Å². The van der Waals surface area contributed by atoms with Gasteiger partial charge in [0.25, 0.3) is 0 Å². The Bertz CT molecular complexity index is 576. The summed E-state index contributed by atoms with van der Waals surface area (Å²) in [7, 11) is 1.38. The number of epoxide rings is 1. The normalized spacial score (nSPS) is 23.3. The summed E-state index contributed by atoms with van der Waals surface area (Å²) in [6.45, 7) is 5.75. The van der Waals surface area contributed by atoms with Crippen LogP contribution >= 0.6 is 0 Å². The first-order chi connectivity index (χ1) is 10.9. The number of rotatable bonds is 7. The number of aliphatic hydroxyl groups excluding tert-OH is 1. The van der Waals surface area contributed by atoms with Crippen LogP contribution in [-0.2, 0) is 27.1 Å². The van der Waals surface area contributed by atoms with Gasteiger partial charge in [0, 0.05) is 18.4 Å². The molecule has 126 valence electrons. The molecule has 0 radical (unpaired) electrons. The zero-order valence-corrected chi connectivity index (χ0v) is 14.3. The number of carbonyl (C=O) groups is 1. The maximum atomic E-state index is 11.3. The molecular weight excluding hydrogens is 292 g/mol. The molecule has 1 aliphatic heterocycles. The third-order valence-corrected chi connectivity index (χ3v) is 4.38. The summed E-state index contributed by atoms with van der Waals surface area (Å²) in [4.78, 5) is 11.3. The van der Waals surface area contributed by atoms with E-state index < -0.39 is 0 Å². The fraction of sp³-hybridized carbons (Fsp3) is 0.526. The van der Waals surface area contributed by atoms with Crippen molar-refractivity contribution in [2.75, 3.05) is 7.11 Å². The van der Waals surface area contributed by atoms with Gasteiger partial charge < -0.3 is 14.6 Å². The van der Waals surface area contributed by atoms with Gasteiger partial charge in [0.05, 0.1) is 25.4 Å². The highest BCUT2D eigenvalue weighted by atomic mass is 16.6. The van der Waals surface area contributed by atoms with E-state index in [2.05, 4.69) is 22.9 Å². The van der Waals surface area contributed by atoms with Crippen LogP contribution in [0.25, 0.3) is 0 Å². The molecule has 1 N–H and O–H groups in total. The van der Waals surface area contributed by atoms with E-state index in [4.69, 9.17) is 4.74 Å². The number of carbonyl (C=O) groups excluding carboxylic acids is 1. The van der Waals surface area contributed by atoms with Crippen LogP contribution in [-0.4, -0.2) is 36.5 Å². The SMILES string of the molecule is COC(=O)/C=C(/C)Cc1cccc(C[C@H]2O[C@@H]2[C@@H](C)[C@H](C)O)c1. The van der Waals surface area contributed by atoms with Crippen molar-refractivity contribution in [3.8, 4) is 0 Å². The molecule has 0 bridgehead atoms. The second-order valence-electron chi connectivity index (χ2n) is 6.45. The number of allylic oxidation sites excluding steroid dienone is 1. The number of esters is 1. The van der Waals surface area contributed by atoms with Crippen molar-refractivity contribution in [2.24, 2.45) is 5.92 Å². The molecule has 1 saturated heterocycles. The van der Waals surface area contributed by atoms with Crippen molar-refractivity contribution < 1.29 is 19.4 Å². The number of ether oxygens (including phenoxy) is 2. The van der Waals surface area contributed by atoms with E-state index in [1.165, 1.54) is 24.3 Å². The average molecular weight is 318 g/mol. The molecule has 1 fully saturated rings. The number of methoxy groups -OCH3 is 1. The molecule has 0 aromatic heterocycles. The fourth-order valence-electron chi connectivity index (χ4n) is 2.79. The van der Waals surface area contributed by atoms with E-state index >= 15 is 0 Å². The molecule has 0 saturated carbocycles. The van der Waals surface area contributed by atoms with E-state index in [0.717, 1.165) is 18.4 Å². The van der Waals surface area contributed by atoms with Gasteiger partial charge >= 0.3 is 5.97 Å². The maximum Gasteiger partial charge on any atom is 0.330 e. The Balaban J connectivity index is 1.93. The molecule has 4 heteroatoms. The Kier molecular flexibility index (Phi) is 5.97. The lowest BCUT2D eigenvalue weighted by Gasteiger charge is -2.11. The second kappa shape index (κ2) is 7.75. The van der Waals surface area contributed by atoms with Gasteiger partial charge in [-0.15, -0.1) is 0 Å². The molecule has 23 heavy (non-hydrogen) atoms. The van der Waals surface area contributed by atoms with E-state index in [9.17, 15) is 9.90 Å². The Morgan fingerprint density at radius 1 is 1.39 bits per heavy atom. The minimum Gasteiger partial charge on any atom is -0.466 e. The van der Waals surface area contributed by atoms with Crippen LogP contribution < -0.4 is 0 Å².